The second kappa shape index (κ2) is 8.24. The number of nitrogens with one attached hydrogen (secondary N) is 1. The van der Waals surface area contributed by atoms with Crippen LogP contribution in [0.4, 0.5) is 14.5 Å². The first-order valence-electron chi connectivity index (χ1n) is 8.66. The van der Waals surface area contributed by atoms with Crippen LogP contribution >= 0.6 is 0 Å². The third kappa shape index (κ3) is 4.21. The summed E-state index contributed by atoms with van der Waals surface area (Å²) in [5.41, 5.74) is 0.829. The van der Waals surface area contributed by atoms with Crippen LogP contribution in [0.2, 0.25) is 0 Å². The highest BCUT2D eigenvalue weighted by atomic mass is 19.1. The Labute approximate surface area is 161 Å². The van der Waals surface area contributed by atoms with Gasteiger partial charge in [-0.15, -0.1) is 0 Å². The molecule has 0 aliphatic carbocycles. The van der Waals surface area contributed by atoms with Gasteiger partial charge in [0.15, 0.2) is 0 Å². The fourth-order valence-electron chi connectivity index (χ4n) is 3.17. The Morgan fingerprint density at radius 3 is 2.50 bits per heavy atom. The zero-order chi connectivity index (χ0) is 20.3. The molecule has 0 bridgehead atoms. The molecule has 0 spiro atoms. The van der Waals surface area contributed by atoms with Gasteiger partial charge >= 0.3 is 0 Å². The monoisotopic (exact) mass is 390 g/mol. The van der Waals surface area contributed by atoms with Crippen LogP contribution in [-0.4, -0.2) is 32.6 Å². The van der Waals surface area contributed by atoms with Crippen LogP contribution in [0.5, 0.6) is 11.5 Å². The molecular formula is C20H20F2N2O4. The van der Waals surface area contributed by atoms with Gasteiger partial charge in [0.25, 0.3) is 0 Å². The summed E-state index contributed by atoms with van der Waals surface area (Å²) in [4.78, 5) is 26.0. The maximum Gasteiger partial charge on any atom is 0.227 e. The zero-order valence-corrected chi connectivity index (χ0v) is 15.5. The van der Waals surface area contributed by atoms with Crippen molar-refractivity contribution in [2.45, 2.75) is 13.0 Å². The highest BCUT2D eigenvalue weighted by Gasteiger charge is 2.35. The van der Waals surface area contributed by atoms with Gasteiger partial charge in [-0.2, -0.15) is 0 Å². The SMILES string of the molecule is COc1ccc(OC)c(CNC(=O)C2CC(=O)N(c3cc(F)cc(F)c3)C2)c1. The lowest BCUT2D eigenvalue weighted by molar-refractivity contribution is -0.126. The van der Waals surface area contributed by atoms with Crippen LogP contribution in [-0.2, 0) is 16.1 Å². The predicted molar refractivity (Wildman–Crippen MR) is 98.2 cm³/mol. The van der Waals surface area contributed by atoms with Crippen LogP contribution in [0.15, 0.2) is 36.4 Å². The number of hydrogen-bond acceptors (Lipinski definition) is 4. The number of carbonyl (C=O) groups excluding carboxylic acids is 2. The van der Waals surface area contributed by atoms with Crippen molar-refractivity contribution >= 4 is 17.5 Å². The molecule has 0 radical (unpaired) electrons. The van der Waals surface area contributed by atoms with E-state index in [2.05, 4.69) is 5.32 Å². The molecule has 0 aromatic heterocycles. The van der Waals surface area contributed by atoms with Crippen LogP contribution in [0.1, 0.15) is 12.0 Å². The number of benzene rings is 2. The van der Waals surface area contributed by atoms with E-state index in [1.807, 2.05) is 0 Å². The summed E-state index contributed by atoms with van der Waals surface area (Å²) in [6.07, 6.45) is -0.0286. The summed E-state index contributed by atoms with van der Waals surface area (Å²) in [7, 11) is 3.07. The maximum absolute atomic E-state index is 13.4. The number of rotatable bonds is 6. The number of halogens is 2. The van der Waals surface area contributed by atoms with Crippen LogP contribution < -0.4 is 19.7 Å². The molecule has 6 nitrogen and oxygen atoms in total. The van der Waals surface area contributed by atoms with E-state index in [1.54, 1.807) is 18.2 Å². The first-order valence-corrected chi connectivity index (χ1v) is 8.66. The molecule has 1 fully saturated rings. The molecule has 8 heteroatoms. The number of ether oxygens (including phenoxy) is 2. The van der Waals surface area contributed by atoms with E-state index in [0.717, 1.165) is 23.8 Å². The van der Waals surface area contributed by atoms with Crippen molar-refractivity contribution in [1.29, 1.82) is 0 Å². The number of nitrogens with zero attached hydrogens (tertiary/aromatic N) is 1. The van der Waals surface area contributed by atoms with Gasteiger partial charge in [0.05, 0.1) is 20.1 Å². The van der Waals surface area contributed by atoms with E-state index >= 15 is 0 Å². The Morgan fingerprint density at radius 2 is 1.86 bits per heavy atom. The minimum absolute atomic E-state index is 0.0286. The lowest BCUT2D eigenvalue weighted by Gasteiger charge is -2.17. The molecule has 0 saturated carbocycles. The van der Waals surface area contributed by atoms with Crippen molar-refractivity contribution in [3.05, 3.63) is 53.6 Å². The fourth-order valence-corrected chi connectivity index (χ4v) is 3.17. The molecular weight excluding hydrogens is 370 g/mol. The second-order valence-corrected chi connectivity index (χ2v) is 6.43. The molecule has 2 aromatic rings. The maximum atomic E-state index is 13.4. The first-order chi connectivity index (χ1) is 13.4. The smallest absolute Gasteiger partial charge is 0.227 e. The van der Waals surface area contributed by atoms with Crippen molar-refractivity contribution in [3.63, 3.8) is 0 Å². The summed E-state index contributed by atoms with van der Waals surface area (Å²) in [6.45, 7) is 0.251. The molecule has 1 aliphatic heterocycles. The van der Waals surface area contributed by atoms with Crippen LogP contribution in [0.25, 0.3) is 0 Å². The number of carbonyl (C=O) groups is 2. The first kappa shape index (κ1) is 19.6. The Bertz CT molecular complexity index is 884. The van der Waals surface area contributed by atoms with Gasteiger partial charge in [-0.25, -0.2) is 8.78 Å². The van der Waals surface area contributed by atoms with E-state index in [-0.39, 0.29) is 37.0 Å². The van der Waals surface area contributed by atoms with E-state index in [0.29, 0.717) is 11.5 Å². The van der Waals surface area contributed by atoms with Gasteiger partial charge in [-0.1, -0.05) is 0 Å². The highest BCUT2D eigenvalue weighted by Crippen LogP contribution is 2.27. The van der Waals surface area contributed by atoms with Gasteiger partial charge in [0.2, 0.25) is 11.8 Å². The molecule has 2 aromatic carbocycles. The van der Waals surface area contributed by atoms with Crippen molar-refractivity contribution in [2.24, 2.45) is 5.92 Å². The number of hydrogen-bond donors (Lipinski definition) is 1. The van der Waals surface area contributed by atoms with E-state index in [4.69, 9.17) is 9.47 Å². The molecule has 1 saturated heterocycles. The van der Waals surface area contributed by atoms with Crippen molar-refractivity contribution in [1.82, 2.24) is 5.32 Å². The Kier molecular flexibility index (Phi) is 5.77. The van der Waals surface area contributed by atoms with Gasteiger partial charge in [-0.3, -0.25) is 9.59 Å². The van der Waals surface area contributed by atoms with E-state index < -0.39 is 17.6 Å². The average Bonchev–Trinajstić information content (AvgIpc) is 3.07. The minimum atomic E-state index is -0.777. The van der Waals surface area contributed by atoms with Crippen molar-refractivity contribution in [3.8, 4) is 11.5 Å². The van der Waals surface area contributed by atoms with Gasteiger partial charge < -0.3 is 19.7 Å². The van der Waals surface area contributed by atoms with Gasteiger partial charge in [0, 0.05) is 36.8 Å². The average molecular weight is 390 g/mol. The standard InChI is InChI=1S/C20H20F2N2O4/c1-27-17-3-4-18(28-2)12(5-17)10-23-20(26)13-6-19(25)24(11-13)16-8-14(21)7-15(22)9-16/h3-5,7-9,13H,6,10-11H2,1-2H3,(H,23,26). The molecule has 1 aliphatic rings. The molecule has 148 valence electrons. The molecule has 1 unspecified atom stereocenters. The summed E-state index contributed by atoms with van der Waals surface area (Å²) in [5, 5.41) is 2.78. The quantitative estimate of drug-likeness (QED) is 0.824. The summed E-state index contributed by atoms with van der Waals surface area (Å²) in [6, 6.07) is 8.11. The second-order valence-electron chi connectivity index (χ2n) is 6.43. The highest BCUT2D eigenvalue weighted by molar-refractivity contribution is 6.00. The number of anilines is 1. The van der Waals surface area contributed by atoms with Crippen molar-refractivity contribution < 1.29 is 27.8 Å². The van der Waals surface area contributed by atoms with E-state index in [9.17, 15) is 18.4 Å². The minimum Gasteiger partial charge on any atom is -0.497 e. The predicted octanol–water partition coefficient (Wildman–Crippen LogP) is 2.65. The number of methoxy groups -OCH3 is 2. The zero-order valence-electron chi connectivity index (χ0n) is 15.5. The normalized spacial score (nSPS) is 16.2. The number of amides is 2. The lowest BCUT2D eigenvalue weighted by Crippen LogP contribution is -2.32. The molecule has 28 heavy (non-hydrogen) atoms. The molecule has 1 N–H and O–H groups in total. The van der Waals surface area contributed by atoms with Crippen molar-refractivity contribution in [2.75, 3.05) is 25.7 Å². The molecule has 2 amide bonds. The lowest BCUT2D eigenvalue weighted by atomic mass is 10.1. The van der Waals surface area contributed by atoms with E-state index in [1.165, 1.54) is 19.1 Å². The Morgan fingerprint density at radius 1 is 1.14 bits per heavy atom. The molecule has 1 atom stereocenters. The van der Waals surface area contributed by atoms with Gasteiger partial charge in [-0.05, 0) is 30.3 Å². The Balaban J connectivity index is 1.67. The molecule has 1 heterocycles. The van der Waals surface area contributed by atoms with Gasteiger partial charge in [0.1, 0.15) is 23.1 Å². The Hall–Kier alpha value is -3.16. The largest absolute Gasteiger partial charge is 0.497 e. The summed E-state index contributed by atoms with van der Waals surface area (Å²) < 4.78 is 37.3. The third-order valence-corrected chi connectivity index (χ3v) is 4.60. The summed E-state index contributed by atoms with van der Waals surface area (Å²) >= 11 is 0. The van der Waals surface area contributed by atoms with Crippen LogP contribution in [0, 0.1) is 17.6 Å². The topological polar surface area (TPSA) is 67.9 Å². The fraction of sp³-hybridized carbons (Fsp3) is 0.300. The third-order valence-electron chi connectivity index (χ3n) is 4.60. The van der Waals surface area contributed by atoms with Crippen LogP contribution in [0.3, 0.4) is 0 Å². The molecule has 3 rings (SSSR count). The summed E-state index contributed by atoms with van der Waals surface area (Å²) in [5.74, 6) is -1.63.